The van der Waals surface area contributed by atoms with Gasteiger partial charge in [0.25, 0.3) is 0 Å². The quantitative estimate of drug-likeness (QED) is 0.395. The molecule has 4 aromatic rings. The number of piperidine rings is 2. The number of carbonyl (C=O) groups is 1. The standard InChI is InChI=1S/C30H34N6O2/c37-29(24-10-17-33(18-11-24)21-23-8-15-31-16-9-23)34-19-12-26(13-20-34)36-28-7-2-1-6-27(28)35(30(36)38)22-25-5-3-4-14-32-25/h1-9,14-16,24,26H,10-13,17-22H2. The van der Waals surface area contributed by atoms with Crippen molar-refractivity contribution in [3.63, 3.8) is 0 Å². The summed E-state index contributed by atoms with van der Waals surface area (Å²) >= 11 is 0. The van der Waals surface area contributed by atoms with Gasteiger partial charge in [0.1, 0.15) is 0 Å². The summed E-state index contributed by atoms with van der Waals surface area (Å²) in [4.78, 5) is 40.0. The van der Waals surface area contributed by atoms with Gasteiger partial charge in [-0.2, -0.15) is 0 Å². The first-order valence-electron chi connectivity index (χ1n) is 13.7. The van der Waals surface area contributed by atoms with Gasteiger partial charge in [-0.05, 0) is 80.7 Å². The second kappa shape index (κ2) is 10.9. The van der Waals surface area contributed by atoms with Crippen molar-refractivity contribution >= 4 is 16.9 Å². The molecule has 1 aromatic carbocycles. The van der Waals surface area contributed by atoms with E-state index in [-0.39, 0.29) is 23.6 Å². The Morgan fingerprint density at radius 1 is 0.789 bits per heavy atom. The molecule has 2 aliphatic rings. The van der Waals surface area contributed by atoms with E-state index < -0.39 is 0 Å². The number of rotatable bonds is 6. The lowest BCUT2D eigenvalue weighted by Crippen LogP contribution is -2.46. The molecular formula is C30H34N6O2. The highest BCUT2D eigenvalue weighted by molar-refractivity contribution is 5.79. The summed E-state index contributed by atoms with van der Waals surface area (Å²) in [6.45, 7) is 4.66. The molecule has 1 amide bonds. The molecule has 5 heterocycles. The van der Waals surface area contributed by atoms with E-state index in [9.17, 15) is 9.59 Å². The summed E-state index contributed by atoms with van der Waals surface area (Å²) in [5.41, 5.74) is 4.02. The van der Waals surface area contributed by atoms with Crippen molar-refractivity contribution in [3.05, 3.63) is 94.9 Å². The Bertz CT molecular complexity index is 1430. The third kappa shape index (κ3) is 5.00. The molecule has 0 bridgehead atoms. The fourth-order valence-corrected chi connectivity index (χ4v) is 6.08. The molecule has 2 aliphatic heterocycles. The smallest absolute Gasteiger partial charge is 0.329 e. The molecule has 38 heavy (non-hydrogen) atoms. The topological polar surface area (TPSA) is 76.3 Å². The van der Waals surface area contributed by atoms with Crippen LogP contribution in [-0.4, -0.2) is 61.0 Å². The van der Waals surface area contributed by atoms with Crippen molar-refractivity contribution in [2.75, 3.05) is 26.2 Å². The second-order valence-corrected chi connectivity index (χ2v) is 10.5. The molecule has 8 nitrogen and oxygen atoms in total. The fraction of sp³-hybridized carbons (Fsp3) is 0.400. The van der Waals surface area contributed by atoms with Crippen molar-refractivity contribution in [1.29, 1.82) is 0 Å². The van der Waals surface area contributed by atoms with E-state index in [2.05, 4.69) is 27.0 Å². The fourth-order valence-electron chi connectivity index (χ4n) is 6.08. The summed E-state index contributed by atoms with van der Waals surface area (Å²) in [7, 11) is 0. The third-order valence-corrected chi connectivity index (χ3v) is 8.15. The van der Waals surface area contributed by atoms with Gasteiger partial charge < -0.3 is 4.90 Å². The molecule has 6 rings (SSSR count). The average Bonchev–Trinajstić information content (AvgIpc) is 3.25. The minimum absolute atomic E-state index is 0.00296. The first-order valence-corrected chi connectivity index (χ1v) is 13.7. The lowest BCUT2D eigenvalue weighted by molar-refractivity contribution is -0.138. The van der Waals surface area contributed by atoms with Crippen LogP contribution in [-0.2, 0) is 17.9 Å². The summed E-state index contributed by atoms with van der Waals surface area (Å²) < 4.78 is 3.78. The van der Waals surface area contributed by atoms with Crippen LogP contribution < -0.4 is 5.69 Å². The zero-order chi connectivity index (χ0) is 25.9. The number of hydrogen-bond acceptors (Lipinski definition) is 5. The molecule has 2 saturated heterocycles. The minimum Gasteiger partial charge on any atom is -0.342 e. The SMILES string of the molecule is O=C(C1CCN(Cc2ccncc2)CC1)N1CCC(n2c(=O)n(Cc3ccccn3)c3ccccc32)CC1. The molecule has 0 N–H and O–H groups in total. The zero-order valence-corrected chi connectivity index (χ0v) is 21.7. The van der Waals surface area contributed by atoms with Crippen molar-refractivity contribution < 1.29 is 4.79 Å². The van der Waals surface area contributed by atoms with E-state index in [0.29, 0.717) is 19.6 Å². The number of para-hydroxylation sites is 2. The summed E-state index contributed by atoms with van der Waals surface area (Å²) in [5, 5.41) is 0. The van der Waals surface area contributed by atoms with Crippen LogP contribution in [0.25, 0.3) is 11.0 Å². The van der Waals surface area contributed by atoms with Crippen LogP contribution in [0.15, 0.2) is 78.0 Å². The number of pyridine rings is 2. The van der Waals surface area contributed by atoms with Gasteiger partial charge in [0.2, 0.25) is 5.91 Å². The maximum absolute atomic E-state index is 13.6. The lowest BCUT2D eigenvalue weighted by Gasteiger charge is -2.37. The van der Waals surface area contributed by atoms with E-state index in [0.717, 1.165) is 62.0 Å². The van der Waals surface area contributed by atoms with Gasteiger partial charge in [0.05, 0.1) is 23.3 Å². The number of likely N-dealkylation sites (tertiary alicyclic amines) is 2. The van der Waals surface area contributed by atoms with Crippen LogP contribution in [0.4, 0.5) is 0 Å². The monoisotopic (exact) mass is 510 g/mol. The molecule has 0 aliphatic carbocycles. The van der Waals surface area contributed by atoms with Crippen molar-refractivity contribution in [1.82, 2.24) is 28.9 Å². The van der Waals surface area contributed by atoms with Crippen LogP contribution in [0.5, 0.6) is 0 Å². The van der Waals surface area contributed by atoms with Gasteiger partial charge >= 0.3 is 5.69 Å². The Morgan fingerprint density at radius 2 is 1.50 bits per heavy atom. The molecule has 8 heteroatoms. The highest BCUT2D eigenvalue weighted by atomic mass is 16.2. The number of imidazole rings is 1. The number of aromatic nitrogens is 4. The number of hydrogen-bond donors (Lipinski definition) is 0. The molecule has 0 spiro atoms. The summed E-state index contributed by atoms with van der Waals surface area (Å²) in [5.74, 6) is 0.389. The third-order valence-electron chi connectivity index (χ3n) is 8.15. The number of nitrogens with zero attached hydrogens (tertiary/aromatic N) is 6. The minimum atomic E-state index is 0.00296. The van der Waals surface area contributed by atoms with Crippen molar-refractivity contribution in [3.8, 4) is 0 Å². The lowest BCUT2D eigenvalue weighted by atomic mass is 9.93. The molecule has 0 unspecified atom stereocenters. The van der Waals surface area contributed by atoms with Gasteiger partial charge in [-0.25, -0.2) is 4.79 Å². The van der Waals surface area contributed by atoms with Crippen LogP contribution in [0.3, 0.4) is 0 Å². The van der Waals surface area contributed by atoms with E-state index in [4.69, 9.17) is 0 Å². The van der Waals surface area contributed by atoms with Crippen molar-refractivity contribution in [2.45, 2.75) is 44.8 Å². The molecule has 3 aromatic heterocycles. The van der Waals surface area contributed by atoms with Crippen LogP contribution in [0, 0.1) is 5.92 Å². The number of fused-ring (bicyclic) bond motifs is 1. The second-order valence-electron chi connectivity index (χ2n) is 10.5. The molecule has 0 saturated carbocycles. The van der Waals surface area contributed by atoms with E-state index in [1.165, 1.54) is 5.56 Å². The Kier molecular flexibility index (Phi) is 7.05. The largest absolute Gasteiger partial charge is 0.342 e. The van der Waals surface area contributed by atoms with E-state index in [1.807, 2.05) is 68.9 Å². The average molecular weight is 511 g/mol. The first-order chi connectivity index (χ1) is 18.7. The predicted octanol–water partition coefficient (Wildman–Crippen LogP) is 3.72. The highest BCUT2D eigenvalue weighted by Gasteiger charge is 2.32. The Hall–Kier alpha value is -3.78. The Morgan fingerprint density at radius 3 is 2.21 bits per heavy atom. The first kappa shape index (κ1) is 24.6. The summed E-state index contributed by atoms with van der Waals surface area (Å²) in [6.07, 6.45) is 8.84. The maximum atomic E-state index is 13.6. The molecule has 0 atom stereocenters. The summed E-state index contributed by atoms with van der Waals surface area (Å²) in [6, 6.07) is 18.0. The molecule has 2 fully saturated rings. The number of carbonyl (C=O) groups excluding carboxylic acids is 1. The van der Waals surface area contributed by atoms with Gasteiger partial charge in [-0.3, -0.25) is 28.8 Å². The van der Waals surface area contributed by atoms with Gasteiger partial charge in [-0.1, -0.05) is 18.2 Å². The Balaban J connectivity index is 1.10. The van der Waals surface area contributed by atoms with E-state index in [1.54, 1.807) is 6.20 Å². The molecule has 196 valence electrons. The maximum Gasteiger partial charge on any atom is 0.329 e. The number of amides is 1. The molecular weight excluding hydrogens is 476 g/mol. The zero-order valence-electron chi connectivity index (χ0n) is 21.7. The number of benzene rings is 1. The van der Waals surface area contributed by atoms with Crippen molar-refractivity contribution in [2.24, 2.45) is 5.92 Å². The van der Waals surface area contributed by atoms with Crippen LogP contribution in [0.1, 0.15) is 43.0 Å². The van der Waals surface area contributed by atoms with Gasteiger partial charge in [0, 0.05) is 50.2 Å². The normalized spacial score (nSPS) is 17.7. The van der Waals surface area contributed by atoms with Crippen LogP contribution in [0.2, 0.25) is 0 Å². The van der Waals surface area contributed by atoms with Crippen LogP contribution >= 0.6 is 0 Å². The highest BCUT2D eigenvalue weighted by Crippen LogP contribution is 2.28. The molecule has 0 radical (unpaired) electrons. The van der Waals surface area contributed by atoms with Gasteiger partial charge in [-0.15, -0.1) is 0 Å². The van der Waals surface area contributed by atoms with Gasteiger partial charge in [0.15, 0.2) is 0 Å². The Labute approximate surface area is 222 Å². The predicted molar refractivity (Wildman–Crippen MR) is 147 cm³/mol. The van der Waals surface area contributed by atoms with E-state index >= 15 is 0 Å².